The summed E-state index contributed by atoms with van der Waals surface area (Å²) in [7, 11) is 0. The van der Waals surface area contributed by atoms with Crippen LogP contribution in [0, 0.1) is 11.3 Å². The topological polar surface area (TPSA) is 49.4 Å². The summed E-state index contributed by atoms with van der Waals surface area (Å²) in [6, 6.07) is -0.349. The van der Waals surface area contributed by atoms with Crippen molar-refractivity contribution in [2.75, 3.05) is 13.1 Å². The average molecular weight is 240 g/mol. The molecule has 2 unspecified atom stereocenters. The van der Waals surface area contributed by atoms with E-state index in [1.54, 1.807) is 4.90 Å². The van der Waals surface area contributed by atoms with Crippen molar-refractivity contribution < 1.29 is 9.59 Å². The average Bonchev–Trinajstić information content (AvgIpc) is 2.21. The predicted octanol–water partition coefficient (Wildman–Crippen LogP) is 1.41. The van der Waals surface area contributed by atoms with E-state index in [2.05, 4.69) is 19.2 Å². The van der Waals surface area contributed by atoms with Crippen LogP contribution in [-0.2, 0) is 9.59 Å². The van der Waals surface area contributed by atoms with Crippen molar-refractivity contribution in [2.24, 2.45) is 11.3 Å². The van der Waals surface area contributed by atoms with Gasteiger partial charge in [-0.15, -0.1) is 0 Å². The van der Waals surface area contributed by atoms with Crippen molar-refractivity contribution in [1.29, 1.82) is 0 Å². The SMILES string of the molecule is CCC(C)CN1C(=O)CNC(=O)C1C(C)(C)C. The van der Waals surface area contributed by atoms with Crippen molar-refractivity contribution in [2.45, 2.75) is 47.1 Å². The van der Waals surface area contributed by atoms with Crippen molar-refractivity contribution in [3.05, 3.63) is 0 Å². The molecule has 17 heavy (non-hydrogen) atoms. The Hall–Kier alpha value is -1.06. The maximum atomic E-state index is 12.0. The quantitative estimate of drug-likeness (QED) is 0.810. The molecule has 1 saturated heterocycles. The van der Waals surface area contributed by atoms with Gasteiger partial charge in [-0.3, -0.25) is 9.59 Å². The summed E-state index contributed by atoms with van der Waals surface area (Å²) in [4.78, 5) is 25.7. The van der Waals surface area contributed by atoms with Crippen LogP contribution in [0.15, 0.2) is 0 Å². The van der Waals surface area contributed by atoms with Crippen LogP contribution in [0.4, 0.5) is 0 Å². The summed E-state index contributed by atoms with van der Waals surface area (Å²) in [5.74, 6) is 0.430. The molecule has 4 nitrogen and oxygen atoms in total. The number of rotatable bonds is 3. The molecule has 0 aliphatic carbocycles. The summed E-state index contributed by atoms with van der Waals surface area (Å²) in [6.07, 6.45) is 1.02. The number of carbonyl (C=O) groups is 2. The smallest absolute Gasteiger partial charge is 0.243 e. The molecule has 1 heterocycles. The fourth-order valence-electron chi connectivity index (χ4n) is 2.18. The van der Waals surface area contributed by atoms with E-state index in [1.165, 1.54) is 0 Å². The highest BCUT2D eigenvalue weighted by Crippen LogP contribution is 2.27. The summed E-state index contributed by atoms with van der Waals surface area (Å²) >= 11 is 0. The van der Waals surface area contributed by atoms with E-state index in [9.17, 15) is 9.59 Å². The molecule has 2 atom stereocenters. The highest BCUT2D eigenvalue weighted by molar-refractivity contribution is 5.95. The number of carbonyl (C=O) groups excluding carboxylic acids is 2. The molecule has 1 aliphatic rings. The minimum atomic E-state index is -0.349. The van der Waals surface area contributed by atoms with Crippen molar-refractivity contribution >= 4 is 11.8 Å². The van der Waals surface area contributed by atoms with Crippen LogP contribution in [0.1, 0.15) is 41.0 Å². The highest BCUT2D eigenvalue weighted by Gasteiger charge is 2.42. The Balaban J connectivity index is 2.92. The summed E-state index contributed by atoms with van der Waals surface area (Å²) in [5.41, 5.74) is -0.229. The first kappa shape index (κ1) is 14.0. The van der Waals surface area contributed by atoms with Gasteiger partial charge in [0.1, 0.15) is 6.04 Å². The first-order chi connectivity index (χ1) is 7.77. The Morgan fingerprint density at radius 1 is 1.41 bits per heavy atom. The molecule has 0 aromatic carbocycles. The van der Waals surface area contributed by atoms with E-state index < -0.39 is 0 Å². The minimum Gasteiger partial charge on any atom is -0.345 e. The Labute approximate surface area is 104 Å². The second-order valence-electron chi connectivity index (χ2n) is 6.05. The molecule has 0 aromatic rings. The van der Waals surface area contributed by atoms with E-state index >= 15 is 0 Å². The molecule has 0 saturated carbocycles. The zero-order chi connectivity index (χ0) is 13.2. The second kappa shape index (κ2) is 5.07. The number of nitrogens with one attached hydrogen (secondary N) is 1. The van der Waals surface area contributed by atoms with E-state index in [4.69, 9.17) is 0 Å². The Bertz CT molecular complexity index is 307. The first-order valence-corrected chi connectivity index (χ1v) is 6.34. The lowest BCUT2D eigenvalue weighted by Crippen LogP contribution is -2.63. The number of nitrogens with zero attached hydrogens (tertiary/aromatic N) is 1. The fourth-order valence-corrected chi connectivity index (χ4v) is 2.18. The molecule has 0 bridgehead atoms. The monoisotopic (exact) mass is 240 g/mol. The number of amides is 2. The van der Waals surface area contributed by atoms with E-state index in [0.29, 0.717) is 12.5 Å². The van der Waals surface area contributed by atoms with Crippen LogP contribution in [0.2, 0.25) is 0 Å². The van der Waals surface area contributed by atoms with Gasteiger partial charge in [-0.05, 0) is 11.3 Å². The normalized spacial score (nSPS) is 23.6. The fraction of sp³-hybridized carbons (Fsp3) is 0.846. The molecule has 1 rings (SSSR count). The van der Waals surface area contributed by atoms with Gasteiger partial charge in [0.25, 0.3) is 0 Å². The van der Waals surface area contributed by atoms with E-state index in [1.807, 2.05) is 20.8 Å². The van der Waals surface area contributed by atoms with Gasteiger partial charge in [-0.25, -0.2) is 0 Å². The summed E-state index contributed by atoms with van der Waals surface area (Å²) in [5, 5.41) is 2.68. The summed E-state index contributed by atoms with van der Waals surface area (Å²) < 4.78 is 0. The first-order valence-electron chi connectivity index (χ1n) is 6.34. The third-order valence-corrected chi connectivity index (χ3v) is 3.32. The Morgan fingerprint density at radius 3 is 2.47 bits per heavy atom. The van der Waals surface area contributed by atoms with Crippen LogP contribution in [0.3, 0.4) is 0 Å². The maximum absolute atomic E-state index is 12.0. The lowest BCUT2D eigenvalue weighted by atomic mass is 9.83. The van der Waals surface area contributed by atoms with Gasteiger partial charge in [0.2, 0.25) is 11.8 Å². The van der Waals surface area contributed by atoms with Crippen LogP contribution < -0.4 is 5.32 Å². The maximum Gasteiger partial charge on any atom is 0.243 e. The molecule has 98 valence electrons. The van der Waals surface area contributed by atoms with Crippen LogP contribution in [0.25, 0.3) is 0 Å². The van der Waals surface area contributed by atoms with Crippen molar-refractivity contribution in [1.82, 2.24) is 10.2 Å². The van der Waals surface area contributed by atoms with Crippen molar-refractivity contribution in [3.8, 4) is 0 Å². The molecular weight excluding hydrogens is 216 g/mol. The van der Waals surface area contributed by atoms with Gasteiger partial charge in [0.15, 0.2) is 0 Å². The highest BCUT2D eigenvalue weighted by atomic mass is 16.2. The number of hydrogen-bond donors (Lipinski definition) is 1. The third-order valence-electron chi connectivity index (χ3n) is 3.32. The lowest BCUT2D eigenvalue weighted by Gasteiger charge is -2.43. The standard InChI is InChI=1S/C13H24N2O2/c1-6-9(2)8-15-10(16)7-14-12(17)11(15)13(3,4)5/h9,11H,6-8H2,1-5H3,(H,14,17). The second-order valence-corrected chi connectivity index (χ2v) is 6.05. The van der Waals surface area contributed by atoms with Crippen molar-refractivity contribution in [3.63, 3.8) is 0 Å². The molecule has 1 aliphatic heterocycles. The molecule has 2 amide bonds. The van der Waals surface area contributed by atoms with Crippen LogP contribution in [-0.4, -0.2) is 35.8 Å². The van der Waals surface area contributed by atoms with Gasteiger partial charge < -0.3 is 10.2 Å². The van der Waals surface area contributed by atoms with E-state index in [-0.39, 0.29) is 29.8 Å². The zero-order valence-corrected chi connectivity index (χ0v) is 11.5. The third kappa shape index (κ3) is 3.20. The molecule has 1 N–H and O–H groups in total. The van der Waals surface area contributed by atoms with E-state index in [0.717, 1.165) is 6.42 Å². The molecule has 0 radical (unpaired) electrons. The van der Waals surface area contributed by atoms with Gasteiger partial charge in [0.05, 0.1) is 6.54 Å². The zero-order valence-electron chi connectivity index (χ0n) is 11.5. The van der Waals surface area contributed by atoms with Gasteiger partial charge in [-0.1, -0.05) is 41.0 Å². The predicted molar refractivity (Wildman–Crippen MR) is 67.4 cm³/mol. The van der Waals surface area contributed by atoms with Gasteiger partial charge in [-0.2, -0.15) is 0 Å². The molecule has 0 spiro atoms. The van der Waals surface area contributed by atoms with Gasteiger partial charge >= 0.3 is 0 Å². The Kier molecular flexibility index (Phi) is 4.17. The number of piperazine rings is 1. The van der Waals surface area contributed by atoms with Crippen LogP contribution in [0.5, 0.6) is 0 Å². The Morgan fingerprint density at radius 2 is 2.00 bits per heavy atom. The molecule has 1 fully saturated rings. The van der Waals surface area contributed by atoms with Gasteiger partial charge in [0, 0.05) is 6.54 Å². The minimum absolute atomic E-state index is 0.0274. The largest absolute Gasteiger partial charge is 0.345 e. The van der Waals surface area contributed by atoms with Crippen LogP contribution >= 0.6 is 0 Å². The molecule has 0 aromatic heterocycles. The summed E-state index contributed by atoms with van der Waals surface area (Å²) in [6.45, 7) is 11.0. The molecular formula is C13H24N2O2. The lowest BCUT2D eigenvalue weighted by molar-refractivity contribution is -0.150. The number of hydrogen-bond acceptors (Lipinski definition) is 2. The molecule has 4 heteroatoms.